The maximum atomic E-state index is 13.7. The Balaban J connectivity index is 1.63. The zero-order valence-corrected chi connectivity index (χ0v) is 22.3. The Morgan fingerprint density at radius 3 is 2.61 bits per heavy atom. The molecule has 0 saturated heterocycles. The Kier molecular flexibility index (Phi) is 6.78. The second-order valence-electron chi connectivity index (χ2n) is 8.93. The minimum absolute atomic E-state index is 0.0153. The number of amides is 1. The Morgan fingerprint density at radius 2 is 2.03 bits per heavy atom. The molecule has 2 heterocycles. The lowest BCUT2D eigenvalue weighted by Gasteiger charge is -2.31. The fourth-order valence-corrected chi connectivity index (χ4v) is 5.94. The second kappa shape index (κ2) is 9.28. The summed E-state index contributed by atoms with van der Waals surface area (Å²) in [5.74, 6) is -1.45. The van der Waals surface area contributed by atoms with Crippen LogP contribution in [0.1, 0.15) is 33.6 Å². The molecule has 194 valence electrons. The van der Waals surface area contributed by atoms with Crippen molar-refractivity contribution in [1.29, 1.82) is 0 Å². The first-order chi connectivity index (χ1) is 16.7. The fraction of sp³-hybridized carbons (Fsp3) is 0.421. The van der Waals surface area contributed by atoms with Crippen LogP contribution < -0.4 is 10.9 Å². The van der Waals surface area contributed by atoms with Gasteiger partial charge in [0.2, 0.25) is 5.82 Å². The zero-order chi connectivity index (χ0) is 26.5. The van der Waals surface area contributed by atoms with E-state index in [0.717, 1.165) is 22.4 Å². The van der Waals surface area contributed by atoms with Gasteiger partial charge in [-0.15, -0.1) is 0 Å². The minimum Gasteiger partial charge on any atom is -0.443 e. The molecule has 0 aliphatic heterocycles. The SMILES string of the molecule is CC(C)(C)OC(=O)N(C1(CSc2nonc2-c2noc(=O)n2-c2ccc(F)c(Br)c2)CC1)S(N)(=O)=O. The fourth-order valence-electron chi connectivity index (χ4n) is 3.29. The standard InChI is InChI=1S/C19H20BrFN6O7S2/c1-18(2,3)32-17(29)27(36(22,30)31)19(6-7-19)9-35-15-13(23-34-25-15)14-24-33-16(28)26(14)10-4-5-12(21)11(20)8-10/h4-5,8H,6-7,9H2,1-3H3,(H2,22,30,31). The van der Waals surface area contributed by atoms with E-state index in [1.165, 1.54) is 12.1 Å². The molecule has 1 aliphatic carbocycles. The Labute approximate surface area is 216 Å². The average molecular weight is 607 g/mol. The van der Waals surface area contributed by atoms with Gasteiger partial charge in [-0.05, 0) is 78.1 Å². The van der Waals surface area contributed by atoms with Crippen LogP contribution >= 0.6 is 27.7 Å². The topological polar surface area (TPSA) is 177 Å². The summed E-state index contributed by atoms with van der Waals surface area (Å²) in [4.78, 5) is 25.1. The maximum Gasteiger partial charge on any atom is 0.446 e. The van der Waals surface area contributed by atoms with E-state index in [9.17, 15) is 22.4 Å². The normalized spacial score (nSPS) is 15.1. The van der Waals surface area contributed by atoms with E-state index >= 15 is 0 Å². The van der Waals surface area contributed by atoms with Crippen molar-refractivity contribution in [3.8, 4) is 17.2 Å². The van der Waals surface area contributed by atoms with Crippen LogP contribution in [0, 0.1) is 5.82 Å². The lowest BCUT2D eigenvalue weighted by Crippen LogP contribution is -2.52. The predicted octanol–water partition coefficient (Wildman–Crippen LogP) is 2.84. The number of rotatable bonds is 7. The molecule has 1 aliphatic rings. The van der Waals surface area contributed by atoms with Crippen LogP contribution in [-0.2, 0) is 14.9 Å². The van der Waals surface area contributed by atoms with Gasteiger partial charge in [0.05, 0.1) is 15.7 Å². The number of carbonyl (C=O) groups is 1. The van der Waals surface area contributed by atoms with E-state index in [4.69, 9.17) is 19.0 Å². The van der Waals surface area contributed by atoms with E-state index in [0.29, 0.717) is 17.1 Å². The first-order valence-electron chi connectivity index (χ1n) is 10.3. The lowest BCUT2D eigenvalue weighted by atomic mass is 10.2. The van der Waals surface area contributed by atoms with Crippen molar-refractivity contribution in [3.05, 3.63) is 39.0 Å². The number of nitrogens with two attached hydrogens (primary N) is 1. The van der Waals surface area contributed by atoms with Gasteiger partial charge in [0.25, 0.3) is 0 Å². The van der Waals surface area contributed by atoms with Crippen LogP contribution in [0.15, 0.2) is 41.6 Å². The third-order valence-corrected chi connectivity index (χ3v) is 7.86. The van der Waals surface area contributed by atoms with Gasteiger partial charge in [0.1, 0.15) is 11.4 Å². The highest BCUT2D eigenvalue weighted by atomic mass is 79.9. The molecule has 0 unspecified atom stereocenters. The Bertz CT molecular complexity index is 1480. The molecule has 1 saturated carbocycles. The lowest BCUT2D eigenvalue weighted by molar-refractivity contribution is 0.0334. The van der Waals surface area contributed by atoms with Crippen LogP contribution in [0.25, 0.3) is 17.2 Å². The smallest absolute Gasteiger partial charge is 0.443 e. The van der Waals surface area contributed by atoms with Gasteiger partial charge < -0.3 is 4.74 Å². The van der Waals surface area contributed by atoms with E-state index in [2.05, 4.69) is 31.4 Å². The molecule has 0 radical (unpaired) electrons. The molecule has 0 atom stereocenters. The molecule has 0 spiro atoms. The quantitative estimate of drug-likeness (QED) is 0.391. The number of ether oxygens (including phenoxy) is 1. The molecule has 4 rings (SSSR count). The molecular formula is C19H20BrFN6O7S2. The molecule has 0 bridgehead atoms. The monoisotopic (exact) mass is 606 g/mol. The average Bonchev–Trinajstić information content (AvgIpc) is 3.18. The Morgan fingerprint density at radius 1 is 1.33 bits per heavy atom. The minimum atomic E-state index is -4.45. The summed E-state index contributed by atoms with van der Waals surface area (Å²) < 4.78 is 54.9. The molecule has 2 aromatic heterocycles. The summed E-state index contributed by atoms with van der Waals surface area (Å²) in [6, 6.07) is 3.84. The molecule has 2 N–H and O–H groups in total. The van der Waals surface area contributed by atoms with Crippen molar-refractivity contribution in [1.82, 2.24) is 24.3 Å². The molecule has 1 aromatic carbocycles. The highest BCUT2D eigenvalue weighted by Crippen LogP contribution is 2.47. The number of hydrogen-bond acceptors (Lipinski definition) is 11. The molecule has 1 amide bonds. The highest BCUT2D eigenvalue weighted by molar-refractivity contribution is 9.10. The predicted molar refractivity (Wildman–Crippen MR) is 127 cm³/mol. The van der Waals surface area contributed by atoms with E-state index in [1.54, 1.807) is 20.8 Å². The zero-order valence-electron chi connectivity index (χ0n) is 19.1. The molecule has 17 heteroatoms. The number of benzene rings is 1. The van der Waals surface area contributed by atoms with Gasteiger partial charge in [0, 0.05) is 5.75 Å². The summed E-state index contributed by atoms with van der Waals surface area (Å²) in [5.41, 5.74) is -1.85. The van der Waals surface area contributed by atoms with Crippen molar-refractivity contribution in [2.45, 2.75) is 49.8 Å². The summed E-state index contributed by atoms with van der Waals surface area (Å²) >= 11 is 4.08. The van der Waals surface area contributed by atoms with Gasteiger partial charge in [-0.1, -0.05) is 16.9 Å². The van der Waals surface area contributed by atoms with Crippen molar-refractivity contribution in [2.24, 2.45) is 5.14 Å². The third kappa shape index (κ3) is 5.33. The maximum absolute atomic E-state index is 13.7. The highest BCUT2D eigenvalue weighted by Gasteiger charge is 2.56. The van der Waals surface area contributed by atoms with Gasteiger partial charge in [0.15, 0.2) is 10.7 Å². The van der Waals surface area contributed by atoms with E-state index in [-0.39, 0.29) is 32.5 Å². The van der Waals surface area contributed by atoms with Crippen LogP contribution in [-0.4, -0.2) is 55.7 Å². The molecule has 3 aromatic rings. The largest absolute Gasteiger partial charge is 0.446 e. The number of halogens is 2. The van der Waals surface area contributed by atoms with Crippen molar-refractivity contribution < 1.29 is 31.5 Å². The first-order valence-corrected chi connectivity index (χ1v) is 13.6. The summed E-state index contributed by atoms with van der Waals surface area (Å²) in [6.45, 7) is 4.81. The molecule has 36 heavy (non-hydrogen) atoms. The Hall–Kier alpha value is -2.76. The van der Waals surface area contributed by atoms with Gasteiger partial charge in [-0.25, -0.2) is 28.3 Å². The summed E-state index contributed by atoms with van der Waals surface area (Å²) in [5, 5.41) is 16.9. The number of nitrogens with zero attached hydrogens (tertiary/aromatic N) is 5. The number of thioether (sulfide) groups is 1. The number of aromatic nitrogens is 4. The van der Waals surface area contributed by atoms with Gasteiger partial charge in [-0.2, -0.15) is 12.7 Å². The summed E-state index contributed by atoms with van der Waals surface area (Å²) in [7, 11) is -4.45. The summed E-state index contributed by atoms with van der Waals surface area (Å²) in [6.07, 6.45) is -0.405. The van der Waals surface area contributed by atoms with Crippen LogP contribution in [0.4, 0.5) is 9.18 Å². The van der Waals surface area contributed by atoms with E-state index < -0.39 is 39.0 Å². The molecule has 1 fully saturated rings. The third-order valence-electron chi connectivity index (χ3n) is 4.99. The van der Waals surface area contributed by atoms with E-state index in [1.807, 2.05) is 0 Å². The van der Waals surface area contributed by atoms with Crippen molar-refractivity contribution in [3.63, 3.8) is 0 Å². The molecular weight excluding hydrogens is 587 g/mol. The van der Waals surface area contributed by atoms with Gasteiger partial charge >= 0.3 is 22.1 Å². The first kappa shape index (κ1) is 26.3. The van der Waals surface area contributed by atoms with Crippen LogP contribution in [0.3, 0.4) is 0 Å². The molecule has 13 nitrogen and oxygen atoms in total. The number of carbonyl (C=O) groups excluding carboxylic acids is 1. The number of hydrogen-bond donors (Lipinski definition) is 1. The van der Waals surface area contributed by atoms with Crippen LogP contribution in [0.5, 0.6) is 0 Å². The second-order valence-corrected chi connectivity index (χ2v) is 12.1. The van der Waals surface area contributed by atoms with Crippen LogP contribution in [0.2, 0.25) is 0 Å². The van der Waals surface area contributed by atoms with Crippen molar-refractivity contribution in [2.75, 3.05) is 5.75 Å². The van der Waals surface area contributed by atoms with Crippen molar-refractivity contribution >= 4 is 44.0 Å². The van der Waals surface area contributed by atoms with Gasteiger partial charge in [-0.3, -0.25) is 4.52 Å².